The zero-order valence-electron chi connectivity index (χ0n) is 39.8. The van der Waals surface area contributed by atoms with Crippen LogP contribution in [0.1, 0.15) is 151 Å². The van der Waals surface area contributed by atoms with E-state index < -0.39 is 60.5 Å². The van der Waals surface area contributed by atoms with Gasteiger partial charge in [-0.3, -0.25) is 33.8 Å². The summed E-state index contributed by atoms with van der Waals surface area (Å²) in [6.07, 6.45) is 16.3. The first-order valence-corrected chi connectivity index (χ1v) is 24.3. The van der Waals surface area contributed by atoms with E-state index in [1.165, 1.54) is 102 Å². The molecule has 2 heterocycles. The number of hydrogen-bond donors (Lipinski definition) is 0. The molecule has 68 heavy (non-hydrogen) atoms. The Morgan fingerprint density at radius 2 is 1.15 bits per heavy atom. The third-order valence-corrected chi connectivity index (χ3v) is 12.3. The average molecular weight is 959 g/mol. The smallest absolute Gasteiger partial charge is 0.415 e. The number of imide groups is 2. The summed E-state index contributed by atoms with van der Waals surface area (Å²) in [6.45, 7) is 6.71. The first-order chi connectivity index (χ1) is 32.7. The fourth-order valence-corrected chi connectivity index (χ4v) is 8.32. The maximum Gasteiger partial charge on any atom is 0.415 e. The second-order valence-corrected chi connectivity index (χ2v) is 17.5. The van der Waals surface area contributed by atoms with Crippen molar-refractivity contribution < 1.29 is 52.9 Å². The molecule has 3 unspecified atom stereocenters. The number of benzene rings is 3. The predicted molar refractivity (Wildman–Crippen MR) is 256 cm³/mol. The molecule has 1 fully saturated rings. The zero-order chi connectivity index (χ0) is 49.6. The lowest BCUT2D eigenvalue weighted by Gasteiger charge is -2.30. The number of hydrogen-bond acceptors (Lipinski definition) is 11. The Bertz CT molecular complexity index is 2130. The molecule has 3 aromatic carbocycles. The van der Waals surface area contributed by atoms with Gasteiger partial charge in [0.15, 0.2) is 6.73 Å². The fraction of sp³-hybridized carbons (Fsp3) is 0.500. The molecule has 0 aromatic heterocycles. The van der Waals surface area contributed by atoms with Crippen molar-refractivity contribution in [3.63, 3.8) is 0 Å². The molecular formula is C52H66ClN4O11-. The number of anilines is 2. The van der Waals surface area contributed by atoms with Gasteiger partial charge in [0.2, 0.25) is 17.7 Å². The van der Waals surface area contributed by atoms with Crippen molar-refractivity contribution in [2.75, 3.05) is 29.7 Å². The number of para-hydroxylation sites is 1. The largest absolute Gasteiger partial charge is 0.548 e. The summed E-state index contributed by atoms with van der Waals surface area (Å²) in [4.78, 5) is 104. The Morgan fingerprint density at radius 1 is 0.647 bits per heavy atom. The zero-order valence-corrected chi connectivity index (χ0v) is 40.6. The summed E-state index contributed by atoms with van der Waals surface area (Å²) >= 11 is 5.92. The average Bonchev–Trinajstić information content (AvgIpc) is 3.73. The number of carbonyl (C=O) groups is 8. The standard InChI is InChI=1S/C31H47ClN2O5.C21H20N2O6/c1-3-4-5-6-7-8-9-10-11-12-13-14-15-16-21-33-28(35)22-25(30(33)37)23-29(36)34(24(2)31(38)39)27-19-17-26(32)18-20-27;1-3-28-21(27)23(15-9-5-4-6-10-15)14(2)20(26)29-13-22-18(24)16-11-7-8-12-17(16)19(22)25/h17-20,24-25H,3-16,21-23H2,1-2H3,(H,38,39);4-12,14H,3,13H2,1-2H3/p-1. The number of carbonyl (C=O) groups excluding carboxylic acids is 8. The van der Waals surface area contributed by atoms with Gasteiger partial charge in [0.25, 0.3) is 11.8 Å². The van der Waals surface area contributed by atoms with Crippen LogP contribution in [-0.4, -0.2) is 89.3 Å². The van der Waals surface area contributed by atoms with Crippen molar-refractivity contribution in [1.29, 1.82) is 0 Å². The van der Waals surface area contributed by atoms with Crippen molar-refractivity contribution in [3.8, 4) is 0 Å². The number of unbranched alkanes of at least 4 members (excludes halogenated alkanes) is 13. The van der Waals surface area contributed by atoms with Gasteiger partial charge in [-0.15, -0.1) is 0 Å². The molecule has 0 spiro atoms. The highest BCUT2D eigenvalue weighted by Crippen LogP contribution is 2.28. The van der Waals surface area contributed by atoms with Gasteiger partial charge in [-0.1, -0.05) is 132 Å². The number of rotatable bonds is 26. The van der Waals surface area contributed by atoms with Gasteiger partial charge in [-0.2, -0.15) is 0 Å². The number of fused-ring (bicyclic) bond motifs is 1. The predicted octanol–water partition coefficient (Wildman–Crippen LogP) is 8.89. The van der Waals surface area contributed by atoms with Crippen LogP contribution < -0.4 is 14.9 Å². The number of esters is 1. The maximum absolute atomic E-state index is 13.1. The first kappa shape index (κ1) is 54.5. The van der Waals surface area contributed by atoms with Crippen molar-refractivity contribution in [2.45, 2.75) is 143 Å². The number of ether oxygens (including phenoxy) is 2. The monoisotopic (exact) mass is 957 g/mol. The number of aliphatic carboxylic acids is 1. The van der Waals surface area contributed by atoms with Crippen LogP contribution in [0, 0.1) is 5.92 Å². The van der Waals surface area contributed by atoms with E-state index >= 15 is 0 Å². The molecule has 368 valence electrons. The molecule has 3 atom stereocenters. The minimum absolute atomic E-state index is 0.0304. The molecule has 6 amide bonds. The van der Waals surface area contributed by atoms with Crippen molar-refractivity contribution in [3.05, 3.63) is 95.0 Å². The third-order valence-electron chi connectivity index (χ3n) is 12.0. The summed E-state index contributed by atoms with van der Waals surface area (Å²) in [6, 6.07) is 18.8. The van der Waals surface area contributed by atoms with E-state index in [1.54, 1.807) is 73.7 Å². The van der Waals surface area contributed by atoms with E-state index in [0.29, 0.717) is 22.9 Å². The number of carboxylic acids is 1. The molecule has 0 bridgehead atoms. The molecule has 16 heteroatoms. The summed E-state index contributed by atoms with van der Waals surface area (Å²) < 4.78 is 10.2. The summed E-state index contributed by atoms with van der Waals surface area (Å²) in [7, 11) is 0. The van der Waals surface area contributed by atoms with Crippen LogP contribution in [0.5, 0.6) is 0 Å². The van der Waals surface area contributed by atoms with Crippen molar-refractivity contribution >= 4 is 70.5 Å². The highest BCUT2D eigenvalue weighted by atomic mass is 35.5. The third kappa shape index (κ3) is 15.7. The van der Waals surface area contributed by atoms with Gasteiger partial charge >= 0.3 is 12.1 Å². The van der Waals surface area contributed by atoms with Gasteiger partial charge in [-0.05, 0) is 75.7 Å². The molecule has 0 N–H and O–H groups in total. The van der Waals surface area contributed by atoms with Crippen LogP contribution in [0.2, 0.25) is 5.02 Å². The molecule has 0 radical (unpaired) electrons. The quantitative estimate of drug-likeness (QED) is 0.0424. The molecular weight excluding hydrogens is 892 g/mol. The van der Waals surface area contributed by atoms with Gasteiger partial charge < -0.3 is 24.3 Å². The van der Waals surface area contributed by atoms with Crippen LogP contribution in [0.15, 0.2) is 78.9 Å². The number of carboxylic acid groups (broad SMARTS) is 1. The number of amides is 6. The molecule has 2 aliphatic heterocycles. The van der Waals surface area contributed by atoms with Crippen LogP contribution in [0.4, 0.5) is 16.2 Å². The molecule has 5 rings (SSSR count). The van der Waals surface area contributed by atoms with Crippen LogP contribution in [-0.2, 0) is 33.4 Å². The SMILES string of the molecule is CCCCCCCCCCCCCCCCN1C(=O)CC(CC(=O)N(c2ccc(Cl)cc2)C(C)C(=O)[O-])C1=O.CCOC(=O)N(c1ccccc1)C(C)C(=O)OCN1C(=O)c2ccccc2C1=O. The molecule has 3 aromatic rings. The molecule has 15 nitrogen and oxygen atoms in total. The summed E-state index contributed by atoms with van der Waals surface area (Å²) in [5.41, 5.74) is 1.33. The highest BCUT2D eigenvalue weighted by Gasteiger charge is 2.41. The van der Waals surface area contributed by atoms with Crippen LogP contribution >= 0.6 is 11.6 Å². The minimum Gasteiger partial charge on any atom is -0.548 e. The number of likely N-dealkylation sites (tertiary alicyclic amines) is 1. The van der Waals surface area contributed by atoms with Crippen molar-refractivity contribution in [1.82, 2.24) is 9.80 Å². The van der Waals surface area contributed by atoms with E-state index in [9.17, 15) is 43.5 Å². The topological polar surface area (TPSA) is 191 Å². The first-order valence-electron chi connectivity index (χ1n) is 24.0. The molecule has 0 saturated carbocycles. The molecule has 0 aliphatic carbocycles. The van der Waals surface area contributed by atoms with E-state index in [4.69, 9.17) is 21.1 Å². The summed E-state index contributed by atoms with van der Waals surface area (Å²) in [5, 5.41) is 12.0. The van der Waals surface area contributed by atoms with Gasteiger partial charge in [-0.25, -0.2) is 14.5 Å². The lowest BCUT2D eigenvalue weighted by Crippen LogP contribution is -2.50. The van der Waals surface area contributed by atoms with Gasteiger partial charge in [0.05, 0.1) is 35.7 Å². The van der Waals surface area contributed by atoms with E-state index in [0.717, 1.165) is 34.0 Å². The van der Waals surface area contributed by atoms with E-state index in [-0.39, 0.29) is 42.4 Å². The normalized spacial score (nSPS) is 15.0. The lowest BCUT2D eigenvalue weighted by atomic mass is 10.0. The van der Waals surface area contributed by atoms with E-state index in [2.05, 4.69) is 6.92 Å². The highest BCUT2D eigenvalue weighted by molar-refractivity contribution is 6.30. The second-order valence-electron chi connectivity index (χ2n) is 17.1. The van der Waals surface area contributed by atoms with Crippen LogP contribution in [0.25, 0.3) is 0 Å². The van der Waals surface area contributed by atoms with Crippen LogP contribution in [0.3, 0.4) is 0 Å². The molecule has 2 aliphatic rings. The Morgan fingerprint density at radius 3 is 1.66 bits per heavy atom. The second kappa shape index (κ2) is 28.3. The Labute approximate surface area is 405 Å². The Balaban J connectivity index is 0.000000309. The van der Waals surface area contributed by atoms with Gasteiger partial charge in [0, 0.05) is 35.8 Å². The minimum atomic E-state index is -1.41. The fourth-order valence-electron chi connectivity index (χ4n) is 8.19. The maximum atomic E-state index is 13.1. The number of halogens is 1. The Hall–Kier alpha value is -6.09. The molecule has 1 saturated heterocycles. The van der Waals surface area contributed by atoms with Gasteiger partial charge in [0.1, 0.15) is 6.04 Å². The lowest BCUT2D eigenvalue weighted by molar-refractivity contribution is -0.307. The number of nitrogens with zero attached hydrogens (tertiary/aromatic N) is 4. The van der Waals surface area contributed by atoms with Crippen molar-refractivity contribution in [2.24, 2.45) is 5.92 Å². The summed E-state index contributed by atoms with van der Waals surface area (Å²) in [5.74, 6) is -5.18. The Kier molecular flexibility index (Phi) is 22.7. The van der Waals surface area contributed by atoms with E-state index in [1.807, 2.05) is 0 Å².